The van der Waals surface area contributed by atoms with Crippen LogP contribution >= 0.6 is 0 Å². The summed E-state index contributed by atoms with van der Waals surface area (Å²) in [4.78, 5) is 12.3. The molecule has 1 amide bonds. The molecule has 0 atom stereocenters. The van der Waals surface area contributed by atoms with E-state index in [0.717, 1.165) is 25.7 Å². The number of rotatable bonds is 3. The van der Waals surface area contributed by atoms with Gasteiger partial charge >= 0.3 is 0 Å². The summed E-state index contributed by atoms with van der Waals surface area (Å²) >= 11 is 0. The lowest BCUT2D eigenvalue weighted by Gasteiger charge is -2.34. The molecule has 3 heteroatoms. The predicted molar refractivity (Wildman–Crippen MR) is 79.9 cm³/mol. The lowest BCUT2D eigenvalue weighted by atomic mass is 9.78. The fraction of sp³-hybridized carbons (Fsp3) is 0.882. The highest BCUT2D eigenvalue weighted by Gasteiger charge is 2.35. The molecule has 0 aromatic heterocycles. The summed E-state index contributed by atoms with van der Waals surface area (Å²) in [6.07, 6.45) is 11.9. The molecule has 0 radical (unpaired) electrons. The molecule has 0 aromatic rings. The molecule has 112 valence electrons. The number of nitrogens with one attached hydrogen (secondary N) is 1. The molecule has 3 nitrogen and oxygen atoms in total. The minimum Gasteiger partial charge on any atom is -0.338 e. The van der Waals surface area contributed by atoms with Gasteiger partial charge in [0.1, 0.15) is 5.54 Å². The molecule has 0 unspecified atom stereocenters. The number of hydrogen-bond acceptors (Lipinski definition) is 2. The first kappa shape index (κ1) is 15.4. The molecule has 2 saturated carbocycles. The fourth-order valence-corrected chi connectivity index (χ4v) is 3.67. The van der Waals surface area contributed by atoms with Crippen LogP contribution in [0.3, 0.4) is 0 Å². The third-order valence-electron chi connectivity index (χ3n) is 5.17. The van der Waals surface area contributed by atoms with Crippen LogP contribution in [0, 0.1) is 23.2 Å². The second-order valence-corrected chi connectivity index (χ2v) is 6.99. The summed E-state index contributed by atoms with van der Waals surface area (Å²) in [6.45, 7) is 2.23. The zero-order valence-electron chi connectivity index (χ0n) is 12.8. The van der Waals surface area contributed by atoms with E-state index in [9.17, 15) is 10.1 Å². The Bertz CT molecular complexity index is 356. The highest BCUT2D eigenvalue weighted by atomic mass is 16.1. The Morgan fingerprint density at radius 2 is 1.75 bits per heavy atom. The lowest BCUT2D eigenvalue weighted by Crippen LogP contribution is -2.49. The summed E-state index contributed by atoms with van der Waals surface area (Å²) in [5.41, 5.74) is -0.575. The van der Waals surface area contributed by atoms with E-state index in [0.29, 0.717) is 18.3 Å². The first-order chi connectivity index (χ1) is 9.63. The molecular formula is C17H28N2O. The molecule has 0 spiro atoms. The Labute approximate surface area is 123 Å². The first-order valence-corrected chi connectivity index (χ1v) is 8.36. The van der Waals surface area contributed by atoms with Crippen molar-refractivity contribution in [2.75, 3.05) is 0 Å². The molecule has 2 aliphatic rings. The van der Waals surface area contributed by atoms with Crippen LogP contribution in [0.2, 0.25) is 0 Å². The van der Waals surface area contributed by atoms with Crippen molar-refractivity contribution in [3.8, 4) is 6.07 Å². The Morgan fingerprint density at radius 1 is 1.15 bits per heavy atom. The van der Waals surface area contributed by atoms with E-state index < -0.39 is 5.54 Å². The summed E-state index contributed by atoms with van der Waals surface area (Å²) in [5, 5.41) is 12.5. The lowest BCUT2D eigenvalue weighted by molar-refractivity contribution is -0.123. The number of carbonyl (C=O) groups is 1. The van der Waals surface area contributed by atoms with Crippen LogP contribution in [0.4, 0.5) is 0 Å². The van der Waals surface area contributed by atoms with Gasteiger partial charge in [-0.15, -0.1) is 0 Å². The van der Waals surface area contributed by atoms with E-state index in [4.69, 9.17) is 0 Å². The van der Waals surface area contributed by atoms with Crippen LogP contribution in [0.15, 0.2) is 0 Å². The van der Waals surface area contributed by atoms with Crippen LogP contribution in [0.5, 0.6) is 0 Å². The van der Waals surface area contributed by atoms with Crippen LogP contribution in [0.25, 0.3) is 0 Å². The fourth-order valence-electron chi connectivity index (χ4n) is 3.67. The standard InChI is InChI=1S/C17H28N2O/c1-14-8-10-17(13-18,11-9-14)19-16(20)12-15-6-4-2-3-5-7-15/h14-15H,2-12H2,1H3,(H,19,20). The number of amides is 1. The molecule has 0 aromatic carbocycles. The van der Waals surface area contributed by atoms with E-state index in [1.807, 2.05) is 0 Å². The Balaban J connectivity index is 1.84. The minimum absolute atomic E-state index is 0.105. The van der Waals surface area contributed by atoms with Crippen molar-refractivity contribution in [1.82, 2.24) is 5.32 Å². The molecule has 0 heterocycles. The van der Waals surface area contributed by atoms with Gasteiger partial charge in [0.2, 0.25) is 5.91 Å². The second-order valence-electron chi connectivity index (χ2n) is 6.99. The van der Waals surface area contributed by atoms with Crippen LogP contribution in [0.1, 0.15) is 77.6 Å². The molecule has 0 saturated heterocycles. The summed E-state index contributed by atoms with van der Waals surface area (Å²) < 4.78 is 0. The van der Waals surface area contributed by atoms with Crippen molar-refractivity contribution >= 4 is 5.91 Å². The molecule has 20 heavy (non-hydrogen) atoms. The molecule has 0 bridgehead atoms. The highest BCUT2D eigenvalue weighted by Crippen LogP contribution is 2.32. The van der Waals surface area contributed by atoms with Crippen molar-refractivity contribution in [1.29, 1.82) is 5.26 Å². The van der Waals surface area contributed by atoms with E-state index in [2.05, 4.69) is 18.3 Å². The predicted octanol–water partition coefficient (Wildman–Crippen LogP) is 3.94. The Morgan fingerprint density at radius 3 is 2.30 bits per heavy atom. The van der Waals surface area contributed by atoms with Crippen molar-refractivity contribution < 1.29 is 4.79 Å². The van der Waals surface area contributed by atoms with Gasteiger partial charge in [0.15, 0.2) is 0 Å². The molecular weight excluding hydrogens is 248 g/mol. The first-order valence-electron chi connectivity index (χ1n) is 8.36. The van der Waals surface area contributed by atoms with Crippen LogP contribution < -0.4 is 5.32 Å². The smallest absolute Gasteiger partial charge is 0.221 e. The molecule has 1 N–H and O–H groups in total. The van der Waals surface area contributed by atoms with Gasteiger partial charge in [0.05, 0.1) is 6.07 Å². The SMILES string of the molecule is CC1CCC(C#N)(NC(=O)CC2CCCCCC2)CC1. The van der Waals surface area contributed by atoms with E-state index in [1.165, 1.54) is 38.5 Å². The topological polar surface area (TPSA) is 52.9 Å². The molecule has 2 fully saturated rings. The number of nitriles is 1. The second kappa shape index (κ2) is 7.11. The zero-order valence-corrected chi connectivity index (χ0v) is 12.8. The van der Waals surface area contributed by atoms with Crippen LogP contribution in [-0.4, -0.2) is 11.4 Å². The zero-order chi connectivity index (χ0) is 14.4. The van der Waals surface area contributed by atoms with Gasteiger partial charge in [-0.05, 0) is 50.4 Å². The van der Waals surface area contributed by atoms with Gasteiger partial charge in [-0.2, -0.15) is 5.26 Å². The van der Waals surface area contributed by atoms with E-state index in [-0.39, 0.29) is 5.91 Å². The van der Waals surface area contributed by atoms with Gasteiger partial charge in [0, 0.05) is 6.42 Å². The summed E-state index contributed by atoms with van der Waals surface area (Å²) in [6, 6.07) is 2.39. The summed E-state index contributed by atoms with van der Waals surface area (Å²) in [7, 11) is 0. The number of hydrogen-bond donors (Lipinski definition) is 1. The van der Waals surface area contributed by atoms with E-state index in [1.54, 1.807) is 0 Å². The normalized spacial score (nSPS) is 32.1. The van der Waals surface area contributed by atoms with Crippen LogP contribution in [-0.2, 0) is 4.79 Å². The quantitative estimate of drug-likeness (QED) is 0.794. The Kier molecular flexibility index (Phi) is 5.46. The van der Waals surface area contributed by atoms with E-state index >= 15 is 0 Å². The maximum atomic E-state index is 12.3. The van der Waals surface area contributed by atoms with Gasteiger partial charge in [-0.3, -0.25) is 4.79 Å². The largest absolute Gasteiger partial charge is 0.338 e. The van der Waals surface area contributed by atoms with Gasteiger partial charge < -0.3 is 5.32 Å². The van der Waals surface area contributed by atoms with Gasteiger partial charge in [-0.25, -0.2) is 0 Å². The maximum absolute atomic E-state index is 12.3. The molecule has 0 aliphatic heterocycles. The van der Waals surface area contributed by atoms with Gasteiger partial charge in [-0.1, -0.05) is 32.6 Å². The highest BCUT2D eigenvalue weighted by molar-refractivity contribution is 5.77. The van der Waals surface area contributed by atoms with Crippen molar-refractivity contribution in [3.63, 3.8) is 0 Å². The Hall–Kier alpha value is -1.04. The van der Waals surface area contributed by atoms with Gasteiger partial charge in [0.25, 0.3) is 0 Å². The number of carbonyl (C=O) groups excluding carboxylic acids is 1. The number of nitrogens with zero attached hydrogens (tertiary/aromatic N) is 1. The van der Waals surface area contributed by atoms with Crippen molar-refractivity contribution in [2.24, 2.45) is 11.8 Å². The third-order valence-corrected chi connectivity index (χ3v) is 5.17. The molecule has 2 rings (SSSR count). The maximum Gasteiger partial charge on any atom is 0.221 e. The van der Waals surface area contributed by atoms with Crippen molar-refractivity contribution in [3.05, 3.63) is 0 Å². The monoisotopic (exact) mass is 276 g/mol. The summed E-state index contributed by atoms with van der Waals surface area (Å²) in [5.74, 6) is 1.33. The average molecular weight is 276 g/mol. The van der Waals surface area contributed by atoms with Crippen molar-refractivity contribution in [2.45, 2.75) is 83.1 Å². The third kappa shape index (κ3) is 4.23. The minimum atomic E-state index is -0.575. The molecule has 2 aliphatic carbocycles. The average Bonchev–Trinajstić information content (AvgIpc) is 2.70.